The summed E-state index contributed by atoms with van der Waals surface area (Å²) in [6.45, 7) is 2.01. The van der Waals surface area contributed by atoms with Gasteiger partial charge in [-0.2, -0.15) is 0 Å². The molecule has 0 saturated heterocycles. The highest BCUT2D eigenvalue weighted by Gasteiger charge is 2.15. The number of esters is 1. The first kappa shape index (κ1) is 18.2. The van der Waals surface area contributed by atoms with Crippen LogP contribution in [0, 0.1) is 6.92 Å². The molecule has 2 rings (SSSR count). The largest absolute Gasteiger partial charge is 0.481 e. The molecule has 0 atom stereocenters. The molecule has 4 heteroatoms. The molecule has 0 unspecified atom stereocenters. The molecule has 1 N–H and O–H groups in total. The number of carbonyl (C=O) groups is 2. The molecule has 0 heterocycles. The monoisotopic (exact) mass is 336 g/mol. The maximum atomic E-state index is 11.9. The number of aryl methyl sites for hydroxylation is 1. The summed E-state index contributed by atoms with van der Waals surface area (Å²) in [6.07, 6.45) is 3.10. The van der Waals surface area contributed by atoms with E-state index >= 15 is 0 Å². The summed E-state index contributed by atoms with van der Waals surface area (Å²) in [4.78, 5) is 23.0. The molecular weight excluding hydrogens is 316 g/mol. The minimum atomic E-state index is -1.08. The third-order valence-corrected chi connectivity index (χ3v) is 3.63. The van der Waals surface area contributed by atoms with Crippen LogP contribution in [0.2, 0.25) is 0 Å². The number of hydrogen-bond acceptors (Lipinski definition) is 3. The Morgan fingerprint density at radius 3 is 2.24 bits per heavy atom. The van der Waals surface area contributed by atoms with E-state index in [-0.39, 0.29) is 5.57 Å². The number of carbonyl (C=O) groups excluding carboxylic acids is 1. The van der Waals surface area contributed by atoms with Crippen LogP contribution in [0.5, 0.6) is 0 Å². The highest BCUT2D eigenvalue weighted by molar-refractivity contribution is 5.99. The topological polar surface area (TPSA) is 63.6 Å². The Hall–Kier alpha value is -3.14. The molecule has 0 radical (unpaired) electrons. The van der Waals surface area contributed by atoms with E-state index in [1.165, 1.54) is 7.11 Å². The van der Waals surface area contributed by atoms with E-state index < -0.39 is 18.4 Å². The van der Waals surface area contributed by atoms with Gasteiger partial charge in [0.1, 0.15) is 0 Å². The van der Waals surface area contributed by atoms with E-state index in [1.54, 1.807) is 6.08 Å². The van der Waals surface area contributed by atoms with Crippen molar-refractivity contribution < 1.29 is 19.4 Å². The molecule has 0 aromatic heterocycles. The standard InChI is InChI=1S/C21H20O4/c1-15-8-10-16(11-9-15)12-18(17-6-4-3-5-7-17)13-19(14-20(22)23)21(24)25-2/h3-13H,14H2,1-2H3,(H,22,23)/b18-12-,19-13+. The van der Waals surface area contributed by atoms with Crippen LogP contribution in [0.15, 0.2) is 66.2 Å². The first-order valence-corrected chi connectivity index (χ1v) is 7.84. The van der Waals surface area contributed by atoms with Crippen molar-refractivity contribution >= 4 is 23.6 Å². The van der Waals surface area contributed by atoms with Crippen LogP contribution in [0.3, 0.4) is 0 Å². The van der Waals surface area contributed by atoms with Crippen molar-refractivity contribution in [1.29, 1.82) is 0 Å². The lowest BCUT2D eigenvalue weighted by molar-refractivity contribution is -0.141. The van der Waals surface area contributed by atoms with E-state index in [2.05, 4.69) is 0 Å². The number of allylic oxidation sites excluding steroid dienone is 2. The lowest BCUT2D eigenvalue weighted by atomic mass is 9.98. The average molecular weight is 336 g/mol. The first-order valence-electron chi connectivity index (χ1n) is 7.84. The van der Waals surface area contributed by atoms with Crippen molar-refractivity contribution in [3.8, 4) is 0 Å². The molecule has 0 aliphatic heterocycles. The zero-order valence-corrected chi connectivity index (χ0v) is 14.2. The minimum absolute atomic E-state index is 0.0946. The van der Waals surface area contributed by atoms with Crippen LogP contribution < -0.4 is 0 Å². The van der Waals surface area contributed by atoms with Gasteiger partial charge in [0, 0.05) is 5.57 Å². The molecule has 4 nitrogen and oxygen atoms in total. The van der Waals surface area contributed by atoms with Gasteiger partial charge >= 0.3 is 11.9 Å². The molecule has 0 amide bonds. The van der Waals surface area contributed by atoms with Crippen molar-refractivity contribution in [2.24, 2.45) is 0 Å². The second kappa shape index (κ2) is 8.64. The fourth-order valence-electron chi connectivity index (χ4n) is 2.35. The lowest BCUT2D eigenvalue weighted by Crippen LogP contribution is -2.09. The van der Waals surface area contributed by atoms with Gasteiger partial charge in [-0.3, -0.25) is 4.79 Å². The SMILES string of the molecule is COC(=O)/C(=C/C(=C/c1ccc(C)cc1)c1ccccc1)CC(=O)O. The second-order valence-electron chi connectivity index (χ2n) is 5.61. The third-order valence-electron chi connectivity index (χ3n) is 3.63. The third kappa shape index (κ3) is 5.46. The van der Waals surface area contributed by atoms with Crippen LogP contribution in [-0.4, -0.2) is 24.2 Å². The number of methoxy groups -OCH3 is 1. The highest BCUT2D eigenvalue weighted by Crippen LogP contribution is 2.23. The molecule has 0 saturated carbocycles. The molecule has 0 spiro atoms. The Labute approximate surface area is 147 Å². The number of carboxylic acid groups (broad SMARTS) is 1. The van der Waals surface area contributed by atoms with Gasteiger partial charge in [-0.15, -0.1) is 0 Å². The van der Waals surface area contributed by atoms with E-state index in [4.69, 9.17) is 9.84 Å². The predicted octanol–water partition coefficient (Wildman–Crippen LogP) is 4.11. The Morgan fingerprint density at radius 2 is 1.68 bits per heavy atom. The zero-order chi connectivity index (χ0) is 18.2. The fraction of sp³-hybridized carbons (Fsp3) is 0.143. The maximum absolute atomic E-state index is 11.9. The van der Waals surface area contributed by atoms with Crippen LogP contribution >= 0.6 is 0 Å². The Kier molecular flexibility index (Phi) is 6.29. The quantitative estimate of drug-likeness (QED) is 0.373. The van der Waals surface area contributed by atoms with Crippen molar-refractivity contribution in [2.75, 3.05) is 7.11 Å². The summed E-state index contributed by atoms with van der Waals surface area (Å²) in [6, 6.07) is 17.4. The van der Waals surface area contributed by atoms with Crippen LogP contribution in [0.1, 0.15) is 23.1 Å². The summed E-state index contributed by atoms with van der Waals surface area (Å²) in [5.74, 6) is -1.73. The van der Waals surface area contributed by atoms with Gasteiger partial charge in [-0.05, 0) is 35.8 Å². The van der Waals surface area contributed by atoms with Gasteiger partial charge in [-0.1, -0.05) is 60.2 Å². The van der Waals surface area contributed by atoms with Crippen molar-refractivity contribution in [3.63, 3.8) is 0 Å². The molecule has 2 aromatic carbocycles. The molecule has 0 bridgehead atoms. The molecule has 0 aliphatic rings. The van der Waals surface area contributed by atoms with E-state index in [1.807, 2.05) is 67.6 Å². The number of ether oxygens (including phenoxy) is 1. The van der Waals surface area contributed by atoms with Gasteiger partial charge in [0.05, 0.1) is 13.5 Å². The smallest absolute Gasteiger partial charge is 0.334 e. The van der Waals surface area contributed by atoms with Crippen LogP contribution in [0.25, 0.3) is 11.6 Å². The van der Waals surface area contributed by atoms with E-state index in [0.29, 0.717) is 0 Å². The summed E-state index contributed by atoms with van der Waals surface area (Å²) in [5, 5.41) is 9.06. The summed E-state index contributed by atoms with van der Waals surface area (Å²) < 4.78 is 4.72. The van der Waals surface area contributed by atoms with Gasteiger partial charge in [0.25, 0.3) is 0 Å². The van der Waals surface area contributed by atoms with Gasteiger partial charge < -0.3 is 9.84 Å². The van der Waals surface area contributed by atoms with E-state index in [0.717, 1.165) is 22.3 Å². The van der Waals surface area contributed by atoms with Gasteiger partial charge in [0.2, 0.25) is 0 Å². The van der Waals surface area contributed by atoms with Crippen molar-refractivity contribution in [3.05, 3.63) is 82.9 Å². The molecular formula is C21H20O4. The maximum Gasteiger partial charge on any atom is 0.334 e. The molecule has 25 heavy (non-hydrogen) atoms. The van der Waals surface area contributed by atoms with Crippen molar-refractivity contribution in [2.45, 2.75) is 13.3 Å². The zero-order valence-electron chi connectivity index (χ0n) is 14.2. The fourth-order valence-corrected chi connectivity index (χ4v) is 2.35. The summed E-state index contributed by atoms with van der Waals surface area (Å²) in [7, 11) is 1.24. The molecule has 2 aromatic rings. The number of aliphatic carboxylic acids is 1. The summed E-state index contributed by atoms with van der Waals surface area (Å²) >= 11 is 0. The van der Waals surface area contributed by atoms with Crippen LogP contribution in [-0.2, 0) is 14.3 Å². The highest BCUT2D eigenvalue weighted by atomic mass is 16.5. The minimum Gasteiger partial charge on any atom is -0.481 e. The van der Waals surface area contributed by atoms with E-state index in [9.17, 15) is 9.59 Å². The molecule has 0 fully saturated rings. The molecule has 128 valence electrons. The normalized spacial score (nSPS) is 11.9. The van der Waals surface area contributed by atoms with Gasteiger partial charge in [0.15, 0.2) is 0 Å². The van der Waals surface area contributed by atoms with Crippen molar-refractivity contribution in [1.82, 2.24) is 0 Å². The number of hydrogen-bond donors (Lipinski definition) is 1. The number of carboxylic acids is 1. The Bertz CT molecular complexity index is 800. The van der Waals surface area contributed by atoms with Gasteiger partial charge in [-0.25, -0.2) is 4.79 Å². The Morgan fingerprint density at radius 1 is 1.04 bits per heavy atom. The Balaban J connectivity index is 2.53. The van der Waals surface area contributed by atoms with Crippen LogP contribution in [0.4, 0.5) is 0 Å². The second-order valence-corrected chi connectivity index (χ2v) is 5.61. The summed E-state index contributed by atoms with van der Waals surface area (Å²) in [5.41, 5.74) is 3.83. The average Bonchev–Trinajstić information content (AvgIpc) is 2.62. The molecule has 0 aliphatic carbocycles. The number of benzene rings is 2. The predicted molar refractivity (Wildman–Crippen MR) is 97.8 cm³/mol. The lowest BCUT2D eigenvalue weighted by Gasteiger charge is -2.08. The first-order chi connectivity index (χ1) is 12.0. The number of rotatable bonds is 6.